The Kier molecular flexibility index (Phi) is 3.36. The van der Waals surface area contributed by atoms with Gasteiger partial charge in [-0.05, 0) is 44.9 Å². The van der Waals surface area contributed by atoms with Gasteiger partial charge in [-0.3, -0.25) is 5.10 Å². The second kappa shape index (κ2) is 4.80. The number of hydrogen-bond acceptors (Lipinski definition) is 2. The zero-order valence-corrected chi connectivity index (χ0v) is 11.1. The second-order valence-corrected chi connectivity index (χ2v) is 4.68. The number of aryl methyl sites for hydroxylation is 3. The topological polar surface area (TPSA) is 40.7 Å². The van der Waals surface area contributed by atoms with Crippen molar-refractivity contribution in [3.05, 3.63) is 46.5 Å². The molecule has 1 aromatic heterocycles. The third-order valence-corrected chi connectivity index (χ3v) is 3.18. The van der Waals surface area contributed by atoms with Gasteiger partial charge in [-0.1, -0.05) is 12.1 Å². The molecule has 0 saturated carbocycles. The summed E-state index contributed by atoms with van der Waals surface area (Å²) in [7, 11) is 0. The minimum atomic E-state index is -0.165. The highest BCUT2D eigenvalue weighted by Gasteiger charge is 2.12. The monoisotopic (exact) mass is 247 g/mol. The molecule has 3 nitrogen and oxygen atoms in total. The van der Waals surface area contributed by atoms with Crippen molar-refractivity contribution in [2.24, 2.45) is 0 Å². The molecule has 0 spiro atoms. The van der Waals surface area contributed by atoms with Gasteiger partial charge in [-0.25, -0.2) is 4.39 Å². The molecule has 2 aromatic rings. The summed E-state index contributed by atoms with van der Waals surface area (Å²) >= 11 is 0. The van der Waals surface area contributed by atoms with Crippen LogP contribution in [0.25, 0.3) is 0 Å². The standard InChI is InChI=1S/C14H18FN3/c1-8-5-6-12(7-13(8)15)9(2)16-14-10(3)17-18-11(14)4/h5-7,9,16H,1-4H3,(H,17,18). The van der Waals surface area contributed by atoms with Crippen molar-refractivity contribution in [3.63, 3.8) is 0 Å². The molecule has 1 unspecified atom stereocenters. The molecule has 0 saturated heterocycles. The quantitative estimate of drug-likeness (QED) is 0.869. The summed E-state index contributed by atoms with van der Waals surface area (Å²) < 4.78 is 13.5. The first-order valence-electron chi connectivity index (χ1n) is 6.03. The van der Waals surface area contributed by atoms with Gasteiger partial charge in [-0.15, -0.1) is 0 Å². The summed E-state index contributed by atoms with van der Waals surface area (Å²) in [5.41, 5.74) is 4.50. The number of nitrogens with zero attached hydrogens (tertiary/aromatic N) is 1. The zero-order valence-electron chi connectivity index (χ0n) is 11.1. The van der Waals surface area contributed by atoms with Crippen LogP contribution >= 0.6 is 0 Å². The molecule has 2 N–H and O–H groups in total. The minimum Gasteiger partial charge on any atom is -0.376 e. The Morgan fingerprint density at radius 1 is 1.28 bits per heavy atom. The van der Waals surface area contributed by atoms with Gasteiger partial charge in [0.1, 0.15) is 5.82 Å². The molecule has 18 heavy (non-hydrogen) atoms. The Hall–Kier alpha value is -1.84. The Morgan fingerprint density at radius 2 is 2.00 bits per heavy atom. The van der Waals surface area contributed by atoms with Crippen LogP contribution in [-0.2, 0) is 0 Å². The number of aromatic nitrogens is 2. The van der Waals surface area contributed by atoms with Gasteiger partial charge in [0.25, 0.3) is 0 Å². The summed E-state index contributed by atoms with van der Waals surface area (Å²) in [6.07, 6.45) is 0. The highest BCUT2D eigenvalue weighted by atomic mass is 19.1. The fourth-order valence-electron chi connectivity index (χ4n) is 1.94. The lowest BCUT2D eigenvalue weighted by Gasteiger charge is -2.16. The number of hydrogen-bond donors (Lipinski definition) is 2. The fraction of sp³-hybridized carbons (Fsp3) is 0.357. The van der Waals surface area contributed by atoms with E-state index in [1.54, 1.807) is 19.1 Å². The van der Waals surface area contributed by atoms with Gasteiger partial charge < -0.3 is 5.32 Å². The second-order valence-electron chi connectivity index (χ2n) is 4.68. The molecule has 96 valence electrons. The minimum absolute atomic E-state index is 0.0371. The Bertz CT molecular complexity index is 541. The number of halogens is 1. The van der Waals surface area contributed by atoms with Crippen molar-refractivity contribution >= 4 is 5.69 Å². The molecule has 0 bridgehead atoms. The molecule has 0 radical (unpaired) electrons. The summed E-state index contributed by atoms with van der Waals surface area (Å²) in [5.74, 6) is -0.165. The van der Waals surface area contributed by atoms with Gasteiger partial charge in [0.05, 0.1) is 17.1 Å². The van der Waals surface area contributed by atoms with Crippen molar-refractivity contribution in [1.29, 1.82) is 0 Å². The largest absolute Gasteiger partial charge is 0.376 e. The summed E-state index contributed by atoms with van der Waals surface area (Å²) in [6, 6.07) is 5.37. The lowest BCUT2D eigenvalue weighted by Crippen LogP contribution is -2.08. The van der Waals surface area contributed by atoms with E-state index in [9.17, 15) is 4.39 Å². The summed E-state index contributed by atoms with van der Waals surface area (Å²) in [4.78, 5) is 0. The molecule has 0 aliphatic carbocycles. The van der Waals surface area contributed by atoms with E-state index in [2.05, 4.69) is 15.5 Å². The molecule has 2 rings (SSSR count). The van der Waals surface area contributed by atoms with Crippen LogP contribution in [0.5, 0.6) is 0 Å². The van der Waals surface area contributed by atoms with Gasteiger partial charge in [0.2, 0.25) is 0 Å². The maximum Gasteiger partial charge on any atom is 0.126 e. The third kappa shape index (κ3) is 2.37. The van der Waals surface area contributed by atoms with E-state index in [4.69, 9.17) is 0 Å². The molecular weight excluding hydrogens is 229 g/mol. The van der Waals surface area contributed by atoms with Crippen LogP contribution in [0.1, 0.15) is 35.5 Å². The lowest BCUT2D eigenvalue weighted by atomic mass is 10.1. The lowest BCUT2D eigenvalue weighted by molar-refractivity contribution is 0.614. The molecule has 4 heteroatoms. The van der Waals surface area contributed by atoms with E-state index in [0.717, 1.165) is 22.6 Å². The van der Waals surface area contributed by atoms with Gasteiger partial charge in [0, 0.05) is 6.04 Å². The fourth-order valence-corrected chi connectivity index (χ4v) is 1.94. The molecule has 0 fully saturated rings. The number of benzene rings is 1. The van der Waals surface area contributed by atoms with Crippen LogP contribution in [0, 0.1) is 26.6 Å². The van der Waals surface area contributed by atoms with Crippen LogP contribution < -0.4 is 5.32 Å². The van der Waals surface area contributed by atoms with Crippen LogP contribution in [0.15, 0.2) is 18.2 Å². The van der Waals surface area contributed by atoms with E-state index in [1.165, 1.54) is 0 Å². The highest BCUT2D eigenvalue weighted by molar-refractivity contribution is 5.53. The van der Waals surface area contributed by atoms with E-state index >= 15 is 0 Å². The molecule has 1 aromatic carbocycles. The van der Waals surface area contributed by atoms with E-state index in [0.29, 0.717) is 5.56 Å². The molecular formula is C14H18FN3. The maximum absolute atomic E-state index is 13.5. The first-order chi connectivity index (χ1) is 8.49. The Labute approximate surface area is 106 Å². The average Bonchev–Trinajstić information content (AvgIpc) is 2.64. The number of H-pyrrole nitrogens is 1. The molecule has 0 amide bonds. The van der Waals surface area contributed by atoms with Crippen molar-refractivity contribution in [2.45, 2.75) is 33.7 Å². The molecule has 0 aliphatic heterocycles. The summed E-state index contributed by atoms with van der Waals surface area (Å²) in [6.45, 7) is 7.68. The van der Waals surface area contributed by atoms with Gasteiger partial charge in [0.15, 0.2) is 0 Å². The molecule has 0 aliphatic rings. The number of rotatable bonds is 3. The first kappa shape index (κ1) is 12.6. The van der Waals surface area contributed by atoms with Crippen molar-refractivity contribution in [2.75, 3.05) is 5.32 Å². The number of aromatic amines is 1. The average molecular weight is 247 g/mol. The van der Waals surface area contributed by atoms with Crippen molar-refractivity contribution in [3.8, 4) is 0 Å². The number of anilines is 1. The van der Waals surface area contributed by atoms with E-state index < -0.39 is 0 Å². The predicted molar refractivity (Wildman–Crippen MR) is 71.2 cm³/mol. The van der Waals surface area contributed by atoms with Crippen LogP contribution in [0.3, 0.4) is 0 Å². The van der Waals surface area contributed by atoms with E-state index in [-0.39, 0.29) is 11.9 Å². The predicted octanol–water partition coefficient (Wildman–Crippen LogP) is 3.65. The highest BCUT2D eigenvalue weighted by Crippen LogP contribution is 2.24. The van der Waals surface area contributed by atoms with E-state index in [1.807, 2.05) is 26.8 Å². The van der Waals surface area contributed by atoms with Crippen molar-refractivity contribution in [1.82, 2.24) is 10.2 Å². The SMILES string of the molecule is Cc1ccc(C(C)Nc2c(C)n[nH]c2C)cc1F. The van der Waals surface area contributed by atoms with Gasteiger partial charge >= 0.3 is 0 Å². The summed E-state index contributed by atoms with van der Waals surface area (Å²) in [5, 5.41) is 10.4. The van der Waals surface area contributed by atoms with Crippen LogP contribution in [0.4, 0.5) is 10.1 Å². The first-order valence-corrected chi connectivity index (χ1v) is 6.03. The Balaban J connectivity index is 2.22. The maximum atomic E-state index is 13.5. The van der Waals surface area contributed by atoms with Crippen LogP contribution in [0.2, 0.25) is 0 Å². The zero-order chi connectivity index (χ0) is 13.3. The molecule has 1 atom stereocenters. The smallest absolute Gasteiger partial charge is 0.126 e. The molecule has 1 heterocycles. The number of nitrogens with one attached hydrogen (secondary N) is 2. The third-order valence-electron chi connectivity index (χ3n) is 3.18. The normalized spacial score (nSPS) is 12.5. The van der Waals surface area contributed by atoms with Gasteiger partial charge in [-0.2, -0.15) is 5.10 Å². The van der Waals surface area contributed by atoms with Crippen LogP contribution in [-0.4, -0.2) is 10.2 Å². The Morgan fingerprint density at radius 3 is 2.56 bits per heavy atom. The van der Waals surface area contributed by atoms with Crippen molar-refractivity contribution < 1.29 is 4.39 Å².